The SMILES string of the molecule is Cc1ccc([O-])c(/C=C/c2ccccc2)c1.[Cs+]. The van der Waals surface area contributed by atoms with Crippen LogP contribution >= 0.6 is 0 Å². The molecule has 0 bridgehead atoms. The van der Waals surface area contributed by atoms with Gasteiger partial charge in [0.05, 0.1) is 0 Å². The van der Waals surface area contributed by atoms with Gasteiger partial charge >= 0.3 is 68.9 Å². The van der Waals surface area contributed by atoms with Crippen molar-refractivity contribution in [2.45, 2.75) is 6.92 Å². The first kappa shape index (κ1) is 15.1. The monoisotopic (exact) mass is 342 g/mol. The van der Waals surface area contributed by atoms with E-state index in [9.17, 15) is 5.11 Å². The van der Waals surface area contributed by atoms with E-state index in [-0.39, 0.29) is 74.6 Å². The summed E-state index contributed by atoms with van der Waals surface area (Å²) in [5, 5.41) is 11.5. The second-order valence-electron chi connectivity index (χ2n) is 3.79. The molecule has 0 aliphatic carbocycles. The van der Waals surface area contributed by atoms with E-state index in [0.717, 1.165) is 16.7 Å². The standard InChI is InChI=1S/C15H14O.Cs/c1-12-7-10-15(16)14(11-12)9-8-13-5-3-2-4-6-13;/h2-11,16H,1H3;/q;+1/p-1/b9-8+;. The maximum absolute atomic E-state index is 11.5. The maximum atomic E-state index is 11.5. The van der Waals surface area contributed by atoms with Gasteiger partial charge < -0.3 is 5.11 Å². The predicted molar refractivity (Wildman–Crippen MR) is 66.0 cm³/mol. The fraction of sp³-hybridized carbons (Fsp3) is 0.0667. The normalized spacial score (nSPS) is 10.2. The average molecular weight is 342 g/mol. The van der Waals surface area contributed by atoms with Gasteiger partial charge in [-0.15, -0.1) is 5.75 Å². The first-order valence-electron chi connectivity index (χ1n) is 5.26. The number of hydrogen-bond acceptors (Lipinski definition) is 1. The molecule has 0 fully saturated rings. The second kappa shape index (κ2) is 7.46. The van der Waals surface area contributed by atoms with E-state index in [1.165, 1.54) is 0 Å². The summed E-state index contributed by atoms with van der Waals surface area (Å²) >= 11 is 0. The fourth-order valence-electron chi connectivity index (χ4n) is 1.55. The molecule has 0 heterocycles. The van der Waals surface area contributed by atoms with Gasteiger partial charge in [-0.1, -0.05) is 66.2 Å². The summed E-state index contributed by atoms with van der Waals surface area (Å²) in [5.41, 5.74) is 2.94. The van der Waals surface area contributed by atoms with Crippen molar-refractivity contribution in [1.29, 1.82) is 0 Å². The van der Waals surface area contributed by atoms with Gasteiger partial charge in [0, 0.05) is 0 Å². The molecular formula is C15H13CsO. The summed E-state index contributed by atoms with van der Waals surface area (Å²) in [6.45, 7) is 1.99. The molecule has 0 amide bonds. The Balaban J connectivity index is 0.00000144. The van der Waals surface area contributed by atoms with Crippen LogP contribution in [0.4, 0.5) is 0 Å². The van der Waals surface area contributed by atoms with Crippen LogP contribution in [0, 0.1) is 6.92 Å². The summed E-state index contributed by atoms with van der Waals surface area (Å²) in [4.78, 5) is 0. The van der Waals surface area contributed by atoms with Gasteiger partial charge in [0.15, 0.2) is 0 Å². The Morgan fingerprint density at radius 3 is 2.35 bits per heavy atom. The van der Waals surface area contributed by atoms with E-state index >= 15 is 0 Å². The van der Waals surface area contributed by atoms with Crippen molar-refractivity contribution in [3.05, 3.63) is 65.2 Å². The Bertz CT molecular complexity index is 504. The van der Waals surface area contributed by atoms with Gasteiger partial charge in [-0.2, -0.15) is 0 Å². The number of aryl methyl sites for hydroxylation is 1. The van der Waals surface area contributed by atoms with Crippen LogP contribution in [0.15, 0.2) is 48.5 Å². The minimum Gasteiger partial charge on any atom is -0.872 e. The molecule has 0 saturated carbocycles. The predicted octanol–water partition coefficient (Wildman–Crippen LogP) is 0.243. The Labute approximate surface area is 161 Å². The molecular weight excluding hydrogens is 329 g/mol. The van der Waals surface area contributed by atoms with Gasteiger partial charge in [0.1, 0.15) is 0 Å². The van der Waals surface area contributed by atoms with Gasteiger partial charge in [-0.3, -0.25) is 0 Å². The van der Waals surface area contributed by atoms with E-state index in [0.29, 0.717) is 0 Å². The van der Waals surface area contributed by atoms with E-state index in [2.05, 4.69) is 0 Å². The molecule has 0 radical (unpaired) electrons. The van der Waals surface area contributed by atoms with Gasteiger partial charge in [-0.05, 0) is 18.1 Å². The summed E-state index contributed by atoms with van der Waals surface area (Å²) in [6.07, 6.45) is 3.82. The van der Waals surface area contributed by atoms with E-state index < -0.39 is 0 Å². The van der Waals surface area contributed by atoms with Crippen LogP contribution in [0.5, 0.6) is 5.75 Å². The zero-order valence-corrected chi connectivity index (χ0v) is 16.5. The van der Waals surface area contributed by atoms with E-state index in [1.807, 2.05) is 61.5 Å². The fourth-order valence-corrected chi connectivity index (χ4v) is 1.55. The minimum atomic E-state index is 0. The quantitative estimate of drug-likeness (QED) is 0.718. The van der Waals surface area contributed by atoms with Crippen LogP contribution in [-0.2, 0) is 0 Å². The molecule has 80 valence electrons. The molecule has 0 saturated heterocycles. The zero-order valence-electron chi connectivity index (χ0n) is 10.2. The molecule has 0 aliphatic rings. The number of rotatable bonds is 2. The van der Waals surface area contributed by atoms with Crippen LogP contribution in [0.2, 0.25) is 0 Å². The summed E-state index contributed by atoms with van der Waals surface area (Å²) in [5.74, 6) is 0.0674. The molecule has 0 atom stereocenters. The molecule has 2 rings (SSSR count). The smallest absolute Gasteiger partial charge is 0.872 e. The third-order valence-corrected chi connectivity index (χ3v) is 2.42. The van der Waals surface area contributed by atoms with Gasteiger partial charge in [-0.25, -0.2) is 0 Å². The molecule has 0 unspecified atom stereocenters. The van der Waals surface area contributed by atoms with Crippen molar-refractivity contribution in [1.82, 2.24) is 0 Å². The summed E-state index contributed by atoms with van der Waals surface area (Å²) in [7, 11) is 0. The first-order valence-corrected chi connectivity index (χ1v) is 5.26. The van der Waals surface area contributed by atoms with Crippen LogP contribution < -0.4 is 74.0 Å². The van der Waals surface area contributed by atoms with Crippen LogP contribution in [0.1, 0.15) is 16.7 Å². The molecule has 17 heavy (non-hydrogen) atoms. The van der Waals surface area contributed by atoms with Crippen molar-refractivity contribution < 1.29 is 74.0 Å². The molecule has 0 spiro atoms. The third-order valence-electron chi connectivity index (χ3n) is 2.42. The first-order chi connectivity index (χ1) is 7.75. The third kappa shape index (κ3) is 4.66. The molecule has 0 aromatic heterocycles. The Kier molecular flexibility index (Phi) is 6.62. The Hall–Kier alpha value is 0.0319. The average Bonchev–Trinajstić information content (AvgIpc) is 2.32. The molecule has 2 heteroatoms. The van der Waals surface area contributed by atoms with Gasteiger partial charge in [0.25, 0.3) is 0 Å². The number of benzene rings is 2. The van der Waals surface area contributed by atoms with E-state index in [4.69, 9.17) is 0 Å². The Morgan fingerprint density at radius 1 is 0.941 bits per heavy atom. The Morgan fingerprint density at radius 2 is 1.65 bits per heavy atom. The van der Waals surface area contributed by atoms with Crippen LogP contribution in [0.25, 0.3) is 12.2 Å². The molecule has 0 aliphatic heterocycles. The topological polar surface area (TPSA) is 23.1 Å². The van der Waals surface area contributed by atoms with Crippen molar-refractivity contribution in [2.75, 3.05) is 0 Å². The molecule has 2 aromatic carbocycles. The minimum absolute atomic E-state index is 0. The zero-order chi connectivity index (χ0) is 11.4. The molecule has 2 aromatic rings. The molecule has 1 nitrogen and oxygen atoms in total. The summed E-state index contributed by atoms with van der Waals surface area (Å²) < 4.78 is 0. The number of hydrogen-bond donors (Lipinski definition) is 0. The maximum Gasteiger partial charge on any atom is 1.00 e. The summed E-state index contributed by atoms with van der Waals surface area (Å²) in [6, 6.07) is 15.3. The second-order valence-corrected chi connectivity index (χ2v) is 3.79. The van der Waals surface area contributed by atoms with Crippen LogP contribution in [0.3, 0.4) is 0 Å². The largest absolute Gasteiger partial charge is 1.00 e. The molecule has 0 N–H and O–H groups in total. The van der Waals surface area contributed by atoms with Crippen LogP contribution in [-0.4, -0.2) is 0 Å². The van der Waals surface area contributed by atoms with Crippen molar-refractivity contribution in [3.63, 3.8) is 0 Å². The van der Waals surface area contributed by atoms with Crippen molar-refractivity contribution in [3.8, 4) is 5.75 Å². The van der Waals surface area contributed by atoms with E-state index in [1.54, 1.807) is 6.07 Å². The van der Waals surface area contributed by atoms with Gasteiger partial charge in [0.2, 0.25) is 0 Å². The van der Waals surface area contributed by atoms with Crippen molar-refractivity contribution >= 4 is 12.2 Å². The van der Waals surface area contributed by atoms with Crippen molar-refractivity contribution in [2.24, 2.45) is 0 Å².